The van der Waals surface area contributed by atoms with Crippen LogP contribution in [-0.2, 0) is 0 Å². The summed E-state index contributed by atoms with van der Waals surface area (Å²) >= 11 is 6.12. The van der Waals surface area contributed by atoms with Crippen LogP contribution in [-0.4, -0.2) is 11.1 Å². The summed E-state index contributed by atoms with van der Waals surface area (Å²) in [6, 6.07) is 10.1. The van der Waals surface area contributed by atoms with Crippen molar-refractivity contribution in [2.45, 2.75) is 6.92 Å². The van der Waals surface area contributed by atoms with E-state index in [1.54, 1.807) is 6.07 Å². The van der Waals surface area contributed by atoms with Crippen LogP contribution in [0.2, 0.25) is 5.02 Å². The van der Waals surface area contributed by atoms with Crippen molar-refractivity contribution in [3.8, 4) is 0 Å². The predicted octanol–water partition coefficient (Wildman–Crippen LogP) is 3.67. The van der Waals surface area contributed by atoms with Crippen LogP contribution in [0.4, 0.5) is 17.1 Å². The van der Waals surface area contributed by atoms with Gasteiger partial charge < -0.3 is 16.2 Å². The molecule has 5 heteroatoms. The third-order valence-corrected chi connectivity index (χ3v) is 3.01. The van der Waals surface area contributed by atoms with Gasteiger partial charge in [0.1, 0.15) is 0 Å². The minimum atomic E-state index is -1.01. The zero-order valence-electron chi connectivity index (χ0n) is 10.3. The quantitative estimate of drug-likeness (QED) is 0.748. The molecule has 4 N–H and O–H groups in total. The van der Waals surface area contributed by atoms with E-state index in [0.29, 0.717) is 16.4 Å². The van der Waals surface area contributed by atoms with Gasteiger partial charge in [0.2, 0.25) is 0 Å². The summed E-state index contributed by atoms with van der Waals surface area (Å²) in [7, 11) is 0. The fourth-order valence-electron chi connectivity index (χ4n) is 1.68. The Bertz CT molecular complexity index is 641. The Hall–Kier alpha value is -2.20. The summed E-state index contributed by atoms with van der Waals surface area (Å²) in [4.78, 5) is 10.8. The first-order valence-corrected chi connectivity index (χ1v) is 6.01. The topological polar surface area (TPSA) is 75.3 Å². The van der Waals surface area contributed by atoms with E-state index in [2.05, 4.69) is 5.32 Å². The number of halogens is 1. The average molecular weight is 277 g/mol. The van der Waals surface area contributed by atoms with Gasteiger partial charge in [0.15, 0.2) is 0 Å². The van der Waals surface area contributed by atoms with Crippen molar-refractivity contribution in [2.75, 3.05) is 11.1 Å². The maximum Gasteiger partial charge on any atom is 0.335 e. The number of rotatable bonds is 3. The molecule has 0 aromatic heterocycles. The Labute approximate surface area is 115 Å². The van der Waals surface area contributed by atoms with Gasteiger partial charge in [-0.3, -0.25) is 0 Å². The minimum absolute atomic E-state index is 0.151. The summed E-state index contributed by atoms with van der Waals surface area (Å²) in [6.45, 7) is 1.95. The van der Waals surface area contributed by atoms with E-state index in [-0.39, 0.29) is 5.56 Å². The van der Waals surface area contributed by atoms with Crippen molar-refractivity contribution < 1.29 is 9.90 Å². The van der Waals surface area contributed by atoms with E-state index < -0.39 is 5.97 Å². The molecule has 2 aromatic rings. The largest absolute Gasteiger partial charge is 0.478 e. The molecule has 4 nitrogen and oxygen atoms in total. The molecule has 0 fully saturated rings. The van der Waals surface area contributed by atoms with Crippen LogP contribution in [0.1, 0.15) is 15.9 Å². The van der Waals surface area contributed by atoms with Crippen molar-refractivity contribution in [1.29, 1.82) is 0 Å². The van der Waals surface area contributed by atoms with Gasteiger partial charge in [-0.2, -0.15) is 0 Å². The number of anilines is 3. The van der Waals surface area contributed by atoms with Crippen molar-refractivity contribution in [2.24, 2.45) is 0 Å². The van der Waals surface area contributed by atoms with Gasteiger partial charge in [-0.1, -0.05) is 17.7 Å². The first-order valence-electron chi connectivity index (χ1n) is 5.63. The van der Waals surface area contributed by atoms with Crippen molar-refractivity contribution in [3.05, 3.63) is 52.5 Å². The molecule has 19 heavy (non-hydrogen) atoms. The molecular weight excluding hydrogens is 264 g/mol. The molecule has 0 saturated carbocycles. The number of carboxylic acid groups (broad SMARTS) is 1. The summed E-state index contributed by atoms with van der Waals surface area (Å²) < 4.78 is 0. The van der Waals surface area contributed by atoms with Crippen LogP contribution in [0, 0.1) is 6.92 Å². The van der Waals surface area contributed by atoms with Gasteiger partial charge in [0.25, 0.3) is 0 Å². The molecule has 0 unspecified atom stereocenters. The molecule has 98 valence electrons. The Balaban J connectivity index is 2.31. The van der Waals surface area contributed by atoms with E-state index >= 15 is 0 Å². The number of nitrogens with two attached hydrogens (primary N) is 1. The minimum Gasteiger partial charge on any atom is -0.478 e. The maximum atomic E-state index is 10.8. The van der Waals surface area contributed by atoms with Crippen LogP contribution in [0.25, 0.3) is 0 Å². The van der Waals surface area contributed by atoms with Crippen molar-refractivity contribution in [3.63, 3.8) is 0 Å². The fourth-order valence-corrected chi connectivity index (χ4v) is 1.96. The zero-order chi connectivity index (χ0) is 14.0. The third-order valence-electron chi connectivity index (χ3n) is 2.69. The number of carbonyl (C=O) groups is 1. The van der Waals surface area contributed by atoms with Crippen molar-refractivity contribution >= 4 is 34.6 Å². The van der Waals surface area contributed by atoms with Gasteiger partial charge in [0.05, 0.1) is 27.6 Å². The number of benzene rings is 2. The highest BCUT2D eigenvalue weighted by Crippen LogP contribution is 2.29. The highest BCUT2D eigenvalue weighted by molar-refractivity contribution is 6.33. The van der Waals surface area contributed by atoms with E-state index in [1.807, 2.05) is 25.1 Å². The SMILES string of the molecule is Cc1ccc(Nc2ccc(C(=O)O)cc2N)c(Cl)c1. The van der Waals surface area contributed by atoms with E-state index in [9.17, 15) is 4.79 Å². The van der Waals surface area contributed by atoms with Crippen LogP contribution in [0.3, 0.4) is 0 Å². The lowest BCUT2D eigenvalue weighted by molar-refractivity contribution is 0.0697. The molecule has 0 amide bonds. The summed E-state index contributed by atoms with van der Waals surface area (Å²) in [6.07, 6.45) is 0. The Kier molecular flexibility index (Phi) is 3.62. The second-order valence-electron chi connectivity index (χ2n) is 4.22. The zero-order valence-corrected chi connectivity index (χ0v) is 11.0. The number of nitrogen functional groups attached to an aromatic ring is 1. The van der Waals surface area contributed by atoms with Crippen LogP contribution >= 0.6 is 11.6 Å². The monoisotopic (exact) mass is 276 g/mol. The normalized spacial score (nSPS) is 10.2. The van der Waals surface area contributed by atoms with Crippen LogP contribution in [0.5, 0.6) is 0 Å². The lowest BCUT2D eigenvalue weighted by Crippen LogP contribution is -2.01. The molecule has 0 spiro atoms. The number of carboxylic acids is 1. The van der Waals surface area contributed by atoms with Gasteiger partial charge >= 0.3 is 5.97 Å². The molecule has 0 bridgehead atoms. The first kappa shape index (κ1) is 13.2. The van der Waals surface area contributed by atoms with Gasteiger partial charge in [-0.25, -0.2) is 4.79 Å². The highest BCUT2D eigenvalue weighted by Gasteiger charge is 2.08. The molecule has 0 heterocycles. The van der Waals surface area contributed by atoms with Crippen LogP contribution < -0.4 is 11.1 Å². The molecule has 2 rings (SSSR count). The number of nitrogens with one attached hydrogen (secondary N) is 1. The molecule has 0 saturated heterocycles. The third kappa shape index (κ3) is 2.98. The van der Waals surface area contributed by atoms with E-state index in [4.69, 9.17) is 22.4 Å². The Morgan fingerprint density at radius 2 is 1.89 bits per heavy atom. The predicted molar refractivity (Wildman–Crippen MR) is 77.3 cm³/mol. The smallest absolute Gasteiger partial charge is 0.335 e. The average Bonchev–Trinajstić information content (AvgIpc) is 2.34. The molecular formula is C14H13ClN2O2. The summed E-state index contributed by atoms with van der Waals surface area (Å²) in [5, 5.41) is 12.5. The van der Waals surface area contributed by atoms with E-state index in [1.165, 1.54) is 12.1 Å². The van der Waals surface area contributed by atoms with Crippen molar-refractivity contribution in [1.82, 2.24) is 0 Å². The lowest BCUT2D eigenvalue weighted by Gasteiger charge is -2.11. The van der Waals surface area contributed by atoms with Gasteiger partial charge in [-0.15, -0.1) is 0 Å². The fraction of sp³-hybridized carbons (Fsp3) is 0.0714. The second kappa shape index (κ2) is 5.20. The maximum absolute atomic E-state index is 10.8. The molecule has 0 aliphatic heterocycles. The van der Waals surface area contributed by atoms with E-state index in [0.717, 1.165) is 11.3 Å². The van der Waals surface area contributed by atoms with Gasteiger partial charge in [-0.05, 0) is 42.8 Å². The van der Waals surface area contributed by atoms with Crippen LogP contribution in [0.15, 0.2) is 36.4 Å². The van der Waals surface area contributed by atoms with Gasteiger partial charge in [0, 0.05) is 0 Å². The standard InChI is InChI=1S/C14H13ClN2O2/c1-8-2-4-12(10(15)6-8)17-13-5-3-9(14(18)19)7-11(13)16/h2-7,17H,16H2,1H3,(H,18,19). The summed E-state index contributed by atoms with van der Waals surface area (Å²) in [5.41, 5.74) is 8.73. The summed E-state index contributed by atoms with van der Waals surface area (Å²) in [5.74, 6) is -1.01. The highest BCUT2D eigenvalue weighted by atomic mass is 35.5. The first-order chi connectivity index (χ1) is 8.97. The number of hydrogen-bond donors (Lipinski definition) is 3. The molecule has 0 aliphatic rings. The number of hydrogen-bond acceptors (Lipinski definition) is 3. The number of aromatic carboxylic acids is 1. The Morgan fingerprint density at radius 3 is 2.47 bits per heavy atom. The number of aryl methyl sites for hydroxylation is 1. The lowest BCUT2D eigenvalue weighted by atomic mass is 10.1. The molecule has 0 atom stereocenters. The molecule has 2 aromatic carbocycles. The molecule has 0 aliphatic carbocycles. The Morgan fingerprint density at radius 1 is 1.21 bits per heavy atom. The molecule has 0 radical (unpaired) electrons. The second-order valence-corrected chi connectivity index (χ2v) is 4.62.